The van der Waals surface area contributed by atoms with Crippen LogP contribution in [0.4, 0.5) is 5.95 Å². The Bertz CT molecular complexity index is 460. The molecule has 0 atom stereocenters. The summed E-state index contributed by atoms with van der Waals surface area (Å²) in [5.74, 6) is 0.908. The minimum absolute atomic E-state index is 0.248. The summed E-state index contributed by atoms with van der Waals surface area (Å²) in [6, 6.07) is 5.61. The third kappa shape index (κ3) is 1.85. The van der Waals surface area contributed by atoms with Crippen LogP contribution in [0.3, 0.4) is 0 Å². The van der Waals surface area contributed by atoms with Crippen LogP contribution in [0.25, 0.3) is 11.5 Å². The first kappa shape index (κ1) is 9.39. The normalized spacial score (nSPS) is 10.1. The number of hydrogen-bond donors (Lipinski definition) is 1. The number of hydrogen-bond acceptors (Lipinski definition) is 4. The molecule has 0 spiro atoms. The van der Waals surface area contributed by atoms with Gasteiger partial charge < -0.3 is 5.73 Å². The minimum Gasteiger partial charge on any atom is -0.366 e. The van der Waals surface area contributed by atoms with Crippen molar-refractivity contribution in [2.75, 3.05) is 5.73 Å². The molecule has 0 fully saturated rings. The van der Waals surface area contributed by atoms with Gasteiger partial charge >= 0.3 is 0 Å². The Morgan fingerprint density at radius 2 is 2.33 bits per heavy atom. The zero-order chi connectivity index (χ0) is 10.7. The van der Waals surface area contributed by atoms with Crippen LogP contribution in [-0.4, -0.2) is 19.7 Å². The number of anilines is 1. The molecule has 0 saturated heterocycles. The van der Waals surface area contributed by atoms with E-state index in [1.165, 1.54) is 0 Å². The number of rotatable bonds is 3. The van der Waals surface area contributed by atoms with Gasteiger partial charge in [0.15, 0.2) is 5.82 Å². The van der Waals surface area contributed by atoms with Gasteiger partial charge in [0.05, 0.1) is 6.54 Å². The number of nitrogens with zero attached hydrogens (tertiary/aromatic N) is 4. The van der Waals surface area contributed by atoms with Gasteiger partial charge in [0, 0.05) is 6.20 Å². The zero-order valence-corrected chi connectivity index (χ0v) is 8.17. The van der Waals surface area contributed by atoms with Gasteiger partial charge in [-0.05, 0) is 12.1 Å². The van der Waals surface area contributed by atoms with E-state index in [1.807, 2.05) is 18.2 Å². The molecule has 0 aliphatic heterocycles. The van der Waals surface area contributed by atoms with Gasteiger partial charge in [-0.2, -0.15) is 4.98 Å². The quantitative estimate of drug-likeness (QED) is 0.755. The Balaban J connectivity index is 2.47. The van der Waals surface area contributed by atoms with E-state index in [1.54, 1.807) is 17.0 Å². The van der Waals surface area contributed by atoms with Crippen molar-refractivity contribution in [3.63, 3.8) is 0 Å². The molecule has 0 amide bonds. The topological polar surface area (TPSA) is 69.6 Å². The minimum atomic E-state index is 0.248. The molecule has 2 aromatic rings. The molecule has 0 aliphatic rings. The molecule has 0 aliphatic carbocycles. The number of aromatic nitrogens is 4. The molecule has 2 aromatic heterocycles. The van der Waals surface area contributed by atoms with Gasteiger partial charge in [-0.25, -0.2) is 4.68 Å². The standard InChI is InChI=1S/C10H11N5/c1-2-7-15-9(13-10(11)14-15)8-5-3-4-6-12-8/h2-6H,1,7H2,(H2,11,14). The smallest absolute Gasteiger partial charge is 0.240 e. The lowest BCUT2D eigenvalue weighted by atomic mass is 10.3. The summed E-state index contributed by atoms with van der Waals surface area (Å²) < 4.78 is 1.67. The molecule has 2 heterocycles. The maximum absolute atomic E-state index is 5.54. The van der Waals surface area contributed by atoms with Crippen molar-refractivity contribution >= 4 is 5.95 Å². The van der Waals surface area contributed by atoms with Gasteiger partial charge in [-0.3, -0.25) is 4.98 Å². The number of allylic oxidation sites excluding steroid dienone is 1. The Kier molecular flexibility index (Phi) is 2.45. The highest BCUT2D eigenvalue weighted by molar-refractivity contribution is 5.50. The number of nitrogen functional groups attached to an aromatic ring is 1. The molecular formula is C10H11N5. The van der Waals surface area contributed by atoms with Crippen molar-refractivity contribution in [2.24, 2.45) is 0 Å². The number of nitrogens with two attached hydrogens (primary N) is 1. The Hall–Kier alpha value is -2.17. The Labute approximate surface area is 87.3 Å². The molecular weight excluding hydrogens is 190 g/mol. The summed E-state index contributed by atoms with van der Waals surface area (Å²) in [6.07, 6.45) is 3.44. The summed E-state index contributed by atoms with van der Waals surface area (Å²) in [5.41, 5.74) is 6.30. The van der Waals surface area contributed by atoms with Crippen LogP contribution >= 0.6 is 0 Å². The first-order chi connectivity index (χ1) is 7.31. The van der Waals surface area contributed by atoms with Crippen molar-refractivity contribution in [1.29, 1.82) is 0 Å². The zero-order valence-electron chi connectivity index (χ0n) is 8.17. The largest absolute Gasteiger partial charge is 0.366 e. The van der Waals surface area contributed by atoms with E-state index in [-0.39, 0.29) is 5.95 Å². The summed E-state index contributed by atoms with van der Waals surface area (Å²) in [4.78, 5) is 8.31. The first-order valence-electron chi connectivity index (χ1n) is 4.54. The lowest BCUT2D eigenvalue weighted by Gasteiger charge is -2.00. The van der Waals surface area contributed by atoms with Crippen LogP contribution < -0.4 is 5.73 Å². The second-order valence-electron chi connectivity index (χ2n) is 2.98. The van der Waals surface area contributed by atoms with E-state index in [9.17, 15) is 0 Å². The first-order valence-corrected chi connectivity index (χ1v) is 4.54. The van der Waals surface area contributed by atoms with Gasteiger partial charge in [0.2, 0.25) is 5.95 Å². The van der Waals surface area contributed by atoms with E-state index in [0.29, 0.717) is 12.4 Å². The monoisotopic (exact) mass is 201 g/mol. The molecule has 0 saturated carbocycles. The molecule has 0 bridgehead atoms. The van der Waals surface area contributed by atoms with Gasteiger partial charge in [0.1, 0.15) is 5.69 Å². The maximum Gasteiger partial charge on any atom is 0.240 e. The van der Waals surface area contributed by atoms with Crippen LogP contribution in [0.1, 0.15) is 0 Å². The van der Waals surface area contributed by atoms with Crippen LogP contribution in [0.15, 0.2) is 37.1 Å². The highest BCUT2D eigenvalue weighted by atomic mass is 15.4. The van der Waals surface area contributed by atoms with Crippen LogP contribution in [0.5, 0.6) is 0 Å². The number of pyridine rings is 1. The Morgan fingerprint density at radius 3 is 3.00 bits per heavy atom. The van der Waals surface area contributed by atoms with Crippen molar-refractivity contribution in [3.05, 3.63) is 37.1 Å². The molecule has 0 unspecified atom stereocenters. The molecule has 15 heavy (non-hydrogen) atoms. The van der Waals surface area contributed by atoms with Crippen LogP contribution in [0.2, 0.25) is 0 Å². The van der Waals surface area contributed by atoms with Crippen molar-refractivity contribution in [2.45, 2.75) is 6.54 Å². The molecule has 5 nitrogen and oxygen atoms in total. The van der Waals surface area contributed by atoms with E-state index in [2.05, 4.69) is 21.6 Å². The van der Waals surface area contributed by atoms with Crippen LogP contribution in [0, 0.1) is 0 Å². The molecule has 2 N–H and O–H groups in total. The predicted octanol–water partition coefficient (Wildman–Crippen LogP) is 1.11. The second kappa shape index (κ2) is 3.91. The summed E-state index contributed by atoms with van der Waals surface area (Å²) >= 11 is 0. The van der Waals surface area contributed by atoms with Crippen molar-refractivity contribution < 1.29 is 0 Å². The third-order valence-electron chi connectivity index (χ3n) is 1.88. The van der Waals surface area contributed by atoms with Crippen LogP contribution in [-0.2, 0) is 6.54 Å². The van der Waals surface area contributed by atoms with Crippen molar-refractivity contribution in [1.82, 2.24) is 19.7 Å². The van der Waals surface area contributed by atoms with Crippen molar-refractivity contribution in [3.8, 4) is 11.5 Å². The fourth-order valence-electron chi connectivity index (χ4n) is 1.29. The molecule has 0 radical (unpaired) electrons. The Morgan fingerprint density at radius 1 is 1.47 bits per heavy atom. The SMILES string of the molecule is C=CCn1nc(N)nc1-c1ccccn1. The lowest BCUT2D eigenvalue weighted by molar-refractivity contribution is 0.710. The average Bonchev–Trinajstić information content (AvgIpc) is 2.62. The molecule has 76 valence electrons. The maximum atomic E-state index is 5.54. The molecule has 0 aromatic carbocycles. The summed E-state index contributed by atoms with van der Waals surface area (Å²) in [7, 11) is 0. The summed E-state index contributed by atoms with van der Waals surface area (Å²) in [6.45, 7) is 4.22. The van der Waals surface area contributed by atoms with Gasteiger partial charge in [-0.15, -0.1) is 11.7 Å². The second-order valence-corrected chi connectivity index (χ2v) is 2.98. The van der Waals surface area contributed by atoms with E-state index in [0.717, 1.165) is 5.69 Å². The average molecular weight is 201 g/mol. The highest BCUT2D eigenvalue weighted by Crippen LogP contribution is 2.14. The molecule has 2 rings (SSSR count). The van der Waals surface area contributed by atoms with E-state index >= 15 is 0 Å². The van der Waals surface area contributed by atoms with E-state index in [4.69, 9.17) is 5.73 Å². The lowest BCUT2D eigenvalue weighted by Crippen LogP contribution is -2.01. The fourth-order valence-corrected chi connectivity index (χ4v) is 1.29. The van der Waals surface area contributed by atoms with E-state index < -0.39 is 0 Å². The molecule has 5 heteroatoms. The highest BCUT2D eigenvalue weighted by Gasteiger charge is 2.09. The fraction of sp³-hybridized carbons (Fsp3) is 0.100. The van der Waals surface area contributed by atoms with Gasteiger partial charge in [0.25, 0.3) is 0 Å². The van der Waals surface area contributed by atoms with Gasteiger partial charge in [-0.1, -0.05) is 12.1 Å². The summed E-state index contributed by atoms with van der Waals surface area (Å²) in [5, 5.41) is 4.05. The predicted molar refractivity (Wildman–Crippen MR) is 57.9 cm³/mol. The third-order valence-corrected chi connectivity index (χ3v) is 1.88.